The van der Waals surface area contributed by atoms with Gasteiger partial charge in [-0.2, -0.15) is 4.98 Å². The number of hydrogen-bond acceptors (Lipinski definition) is 5. The molecule has 2 aromatic rings. The Bertz CT molecular complexity index is 599. The highest BCUT2D eigenvalue weighted by atomic mass is 16.6. The van der Waals surface area contributed by atoms with Crippen molar-refractivity contribution in [2.75, 3.05) is 11.9 Å². The van der Waals surface area contributed by atoms with Gasteiger partial charge in [0.1, 0.15) is 0 Å². The van der Waals surface area contributed by atoms with Gasteiger partial charge >= 0.3 is 0 Å². The molecule has 0 radical (unpaired) electrons. The molecule has 0 aliphatic rings. The van der Waals surface area contributed by atoms with Gasteiger partial charge in [-0.15, -0.1) is 0 Å². The predicted molar refractivity (Wildman–Crippen MR) is 73.2 cm³/mol. The number of nitrogens with one attached hydrogen (secondary N) is 1. The van der Waals surface area contributed by atoms with Crippen LogP contribution in [0, 0.1) is 15.5 Å². The molecule has 0 saturated carbocycles. The molecule has 1 aromatic carbocycles. The number of oxazole rings is 1. The second-order valence-corrected chi connectivity index (χ2v) is 5.64. The molecule has 0 aliphatic heterocycles. The van der Waals surface area contributed by atoms with Crippen LogP contribution in [0.2, 0.25) is 0 Å². The number of aromatic nitrogens is 1. The maximum absolute atomic E-state index is 10.9. The molecule has 0 atom stereocenters. The van der Waals surface area contributed by atoms with Gasteiger partial charge in [-0.25, -0.2) is 0 Å². The van der Waals surface area contributed by atoms with Crippen molar-refractivity contribution in [1.82, 2.24) is 4.98 Å². The molecule has 0 spiro atoms. The van der Waals surface area contributed by atoms with E-state index in [9.17, 15) is 10.1 Å². The van der Waals surface area contributed by atoms with Crippen LogP contribution in [0.5, 0.6) is 0 Å². The quantitative estimate of drug-likeness (QED) is 0.673. The van der Waals surface area contributed by atoms with Crippen LogP contribution in [0.25, 0.3) is 11.1 Å². The van der Waals surface area contributed by atoms with Crippen molar-refractivity contribution in [3.63, 3.8) is 0 Å². The van der Waals surface area contributed by atoms with Crippen LogP contribution in [0.4, 0.5) is 11.7 Å². The van der Waals surface area contributed by atoms with Crippen LogP contribution in [-0.2, 0) is 0 Å². The lowest BCUT2D eigenvalue weighted by Gasteiger charge is -2.17. The van der Waals surface area contributed by atoms with E-state index in [1.54, 1.807) is 12.1 Å². The molecule has 0 bridgehead atoms. The SMILES string of the molecule is CC(C)(C)CCNc1nc2c([N+](=O)[O-])cccc2o1. The standard InChI is InChI=1S/C13H17N3O3/c1-13(2,3)7-8-14-12-15-11-9(16(17)18)5-4-6-10(11)19-12/h4-6H,7-8H2,1-3H3,(H,14,15). The van der Waals surface area contributed by atoms with Gasteiger partial charge in [0.25, 0.3) is 11.7 Å². The van der Waals surface area contributed by atoms with Crippen molar-refractivity contribution < 1.29 is 9.34 Å². The zero-order valence-electron chi connectivity index (χ0n) is 11.3. The second-order valence-electron chi connectivity index (χ2n) is 5.64. The summed E-state index contributed by atoms with van der Waals surface area (Å²) in [5.74, 6) is 0. The topological polar surface area (TPSA) is 81.2 Å². The molecule has 1 N–H and O–H groups in total. The Morgan fingerprint density at radius 3 is 2.79 bits per heavy atom. The summed E-state index contributed by atoms with van der Waals surface area (Å²) in [7, 11) is 0. The van der Waals surface area contributed by atoms with E-state index >= 15 is 0 Å². The molecule has 0 fully saturated rings. The predicted octanol–water partition coefficient (Wildman–Crippen LogP) is 3.58. The number of anilines is 1. The van der Waals surface area contributed by atoms with Crippen molar-refractivity contribution in [2.45, 2.75) is 27.2 Å². The summed E-state index contributed by atoms with van der Waals surface area (Å²) < 4.78 is 5.45. The zero-order valence-corrected chi connectivity index (χ0v) is 11.3. The van der Waals surface area contributed by atoms with Gasteiger partial charge in [0.2, 0.25) is 0 Å². The third kappa shape index (κ3) is 3.21. The van der Waals surface area contributed by atoms with Crippen molar-refractivity contribution in [1.29, 1.82) is 0 Å². The average Bonchev–Trinajstić information content (AvgIpc) is 2.68. The lowest BCUT2D eigenvalue weighted by atomic mass is 9.92. The third-order valence-corrected chi connectivity index (χ3v) is 2.75. The molecule has 0 unspecified atom stereocenters. The molecular weight excluding hydrogens is 246 g/mol. The lowest BCUT2D eigenvalue weighted by Crippen LogP contribution is -2.12. The van der Waals surface area contributed by atoms with Crippen LogP contribution in [0.15, 0.2) is 22.6 Å². The van der Waals surface area contributed by atoms with Crippen LogP contribution in [-0.4, -0.2) is 16.5 Å². The maximum atomic E-state index is 10.9. The van der Waals surface area contributed by atoms with Crippen LogP contribution in [0.3, 0.4) is 0 Å². The minimum Gasteiger partial charge on any atom is -0.423 e. The fourth-order valence-electron chi connectivity index (χ4n) is 1.70. The number of nitro groups is 1. The molecule has 6 heteroatoms. The summed E-state index contributed by atoms with van der Waals surface area (Å²) in [5.41, 5.74) is 0.883. The number of nitro benzene ring substituents is 1. The summed E-state index contributed by atoms with van der Waals surface area (Å²) in [4.78, 5) is 14.6. The fraction of sp³-hybridized carbons (Fsp3) is 0.462. The van der Waals surface area contributed by atoms with Crippen LogP contribution >= 0.6 is 0 Å². The number of para-hydroxylation sites is 1. The van der Waals surface area contributed by atoms with E-state index in [0.717, 1.165) is 6.42 Å². The summed E-state index contributed by atoms with van der Waals surface area (Å²) in [6, 6.07) is 5.01. The molecule has 0 amide bonds. The Hall–Kier alpha value is -2.11. The minimum absolute atomic E-state index is 0.0369. The van der Waals surface area contributed by atoms with Crippen molar-refractivity contribution in [3.05, 3.63) is 28.3 Å². The summed E-state index contributed by atoms with van der Waals surface area (Å²) in [5, 5.41) is 13.9. The van der Waals surface area contributed by atoms with Gasteiger partial charge in [0, 0.05) is 12.6 Å². The highest BCUT2D eigenvalue weighted by Crippen LogP contribution is 2.27. The minimum atomic E-state index is -0.455. The van der Waals surface area contributed by atoms with E-state index in [0.29, 0.717) is 18.1 Å². The molecule has 0 aliphatic carbocycles. The summed E-state index contributed by atoms with van der Waals surface area (Å²) >= 11 is 0. The van der Waals surface area contributed by atoms with Crippen molar-refractivity contribution in [3.8, 4) is 0 Å². The first-order valence-corrected chi connectivity index (χ1v) is 6.15. The summed E-state index contributed by atoms with van der Waals surface area (Å²) in [6.07, 6.45) is 0.952. The third-order valence-electron chi connectivity index (χ3n) is 2.75. The highest BCUT2D eigenvalue weighted by molar-refractivity contribution is 5.83. The van der Waals surface area contributed by atoms with E-state index in [1.807, 2.05) is 0 Å². The van der Waals surface area contributed by atoms with E-state index in [1.165, 1.54) is 6.07 Å². The molecule has 102 valence electrons. The average molecular weight is 263 g/mol. The van der Waals surface area contributed by atoms with Gasteiger partial charge in [-0.1, -0.05) is 26.8 Å². The van der Waals surface area contributed by atoms with Gasteiger partial charge in [-0.05, 0) is 17.9 Å². The van der Waals surface area contributed by atoms with Gasteiger partial charge < -0.3 is 9.73 Å². The number of hydrogen-bond donors (Lipinski definition) is 1. The lowest BCUT2D eigenvalue weighted by molar-refractivity contribution is -0.383. The number of rotatable bonds is 4. The van der Waals surface area contributed by atoms with Crippen molar-refractivity contribution in [2.24, 2.45) is 5.41 Å². The zero-order chi connectivity index (χ0) is 14.0. The molecule has 1 heterocycles. The Kier molecular flexibility index (Phi) is 3.42. The number of non-ortho nitro benzene ring substituents is 1. The van der Waals surface area contributed by atoms with Crippen molar-refractivity contribution >= 4 is 22.8 Å². The first kappa shape index (κ1) is 13.3. The molecule has 6 nitrogen and oxygen atoms in total. The Morgan fingerprint density at radius 1 is 1.42 bits per heavy atom. The number of fused-ring (bicyclic) bond motifs is 1. The van der Waals surface area contributed by atoms with E-state index in [-0.39, 0.29) is 16.6 Å². The van der Waals surface area contributed by atoms with Crippen LogP contribution < -0.4 is 5.32 Å². The van der Waals surface area contributed by atoms with Gasteiger partial charge in [-0.3, -0.25) is 10.1 Å². The molecular formula is C13H17N3O3. The normalized spacial score (nSPS) is 11.7. The number of benzene rings is 1. The highest BCUT2D eigenvalue weighted by Gasteiger charge is 2.17. The molecule has 1 aromatic heterocycles. The molecule has 0 saturated heterocycles. The van der Waals surface area contributed by atoms with Gasteiger partial charge in [0.05, 0.1) is 4.92 Å². The maximum Gasteiger partial charge on any atom is 0.298 e. The van der Waals surface area contributed by atoms with E-state index < -0.39 is 4.92 Å². The Morgan fingerprint density at radius 2 is 2.16 bits per heavy atom. The Labute approximate surface area is 111 Å². The summed E-state index contributed by atoms with van der Waals surface area (Å²) in [6.45, 7) is 7.15. The van der Waals surface area contributed by atoms with Gasteiger partial charge in [0.15, 0.2) is 11.1 Å². The van der Waals surface area contributed by atoms with Crippen LogP contribution in [0.1, 0.15) is 27.2 Å². The largest absolute Gasteiger partial charge is 0.423 e. The second kappa shape index (κ2) is 4.87. The van der Waals surface area contributed by atoms with E-state index in [4.69, 9.17) is 4.42 Å². The number of nitrogens with zero attached hydrogens (tertiary/aromatic N) is 2. The van der Waals surface area contributed by atoms with E-state index in [2.05, 4.69) is 31.1 Å². The smallest absolute Gasteiger partial charge is 0.298 e. The monoisotopic (exact) mass is 263 g/mol. The molecule has 19 heavy (non-hydrogen) atoms. The molecule has 2 rings (SSSR count). The Balaban J connectivity index is 2.18. The first-order chi connectivity index (χ1) is 8.87. The fourth-order valence-corrected chi connectivity index (χ4v) is 1.70. The first-order valence-electron chi connectivity index (χ1n) is 6.15.